The van der Waals surface area contributed by atoms with Crippen molar-refractivity contribution < 1.29 is 23.5 Å². The van der Waals surface area contributed by atoms with Crippen LogP contribution < -0.4 is 10.6 Å². The number of rotatable bonds is 4. The number of anilines is 1. The molecule has 126 valence electrons. The maximum absolute atomic E-state index is 11.8. The Morgan fingerprint density at radius 3 is 2.58 bits per heavy atom. The lowest BCUT2D eigenvalue weighted by atomic mass is 10.1. The van der Waals surface area contributed by atoms with E-state index in [-0.39, 0.29) is 5.76 Å². The first-order chi connectivity index (χ1) is 11.4. The number of hydrogen-bond acceptors (Lipinski definition) is 5. The first-order valence-electron chi connectivity index (χ1n) is 6.96. The molecular weight excluding hydrogens is 380 g/mol. The SMILES string of the molecule is Cc1cccc(NC(=O)NC(=O)COC(=O)c2ccc(Br)o2)c1C. The first-order valence-corrected chi connectivity index (χ1v) is 7.75. The number of furan rings is 1. The quantitative estimate of drug-likeness (QED) is 0.776. The van der Waals surface area contributed by atoms with Gasteiger partial charge in [-0.3, -0.25) is 10.1 Å². The Kier molecular flexibility index (Phi) is 5.75. The molecule has 0 aliphatic rings. The molecule has 0 saturated carbocycles. The second kappa shape index (κ2) is 7.78. The maximum Gasteiger partial charge on any atom is 0.374 e. The van der Waals surface area contributed by atoms with Crippen LogP contribution in [-0.4, -0.2) is 24.5 Å². The first kappa shape index (κ1) is 17.7. The number of carbonyl (C=O) groups excluding carboxylic acids is 3. The number of esters is 1. The van der Waals surface area contributed by atoms with E-state index in [0.717, 1.165) is 11.1 Å². The molecule has 3 amide bonds. The largest absolute Gasteiger partial charge is 0.450 e. The lowest BCUT2D eigenvalue weighted by Crippen LogP contribution is -2.37. The van der Waals surface area contributed by atoms with Crippen LogP contribution in [0, 0.1) is 13.8 Å². The molecule has 0 saturated heterocycles. The standard InChI is InChI=1S/C16H15BrN2O5/c1-9-4-3-5-11(10(9)2)18-16(22)19-14(20)8-23-15(21)12-6-7-13(17)24-12/h3-7H,8H2,1-2H3,(H2,18,19,20,22). The zero-order valence-corrected chi connectivity index (χ0v) is 14.6. The van der Waals surface area contributed by atoms with E-state index in [1.165, 1.54) is 12.1 Å². The molecule has 0 spiro atoms. The summed E-state index contributed by atoms with van der Waals surface area (Å²) < 4.78 is 10.1. The number of nitrogens with one attached hydrogen (secondary N) is 2. The minimum atomic E-state index is -0.800. The van der Waals surface area contributed by atoms with Crippen LogP contribution in [0.4, 0.5) is 10.5 Å². The summed E-state index contributed by atoms with van der Waals surface area (Å²) in [5, 5.41) is 4.65. The molecule has 2 rings (SSSR count). The van der Waals surface area contributed by atoms with E-state index in [9.17, 15) is 14.4 Å². The van der Waals surface area contributed by atoms with E-state index in [0.29, 0.717) is 10.4 Å². The molecule has 0 aliphatic heterocycles. The molecule has 1 heterocycles. The highest BCUT2D eigenvalue weighted by molar-refractivity contribution is 9.10. The van der Waals surface area contributed by atoms with Crippen LogP contribution >= 0.6 is 15.9 Å². The number of ether oxygens (including phenoxy) is 1. The molecule has 0 fully saturated rings. The van der Waals surface area contributed by atoms with Crippen molar-refractivity contribution in [3.63, 3.8) is 0 Å². The maximum atomic E-state index is 11.8. The molecule has 8 heteroatoms. The zero-order valence-electron chi connectivity index (χ0n) is 13.0. The summed E-state index contributed by atoms with van der Waals surface area (Å²) in [6.45, 7) is 3.17. The van der Waals surface area contributed by atoms with Gasteiger partial charge in [0.25, 0.3) is 5.91 Å². The minimum Gasteiger partial charge on any atom is -0.450 e. The molecule has 0 bridgehead atoms. The van der Waals surface area contributed by atoms with Crippen LogP contribution in [-0.2, 0) is 9.53 Å². The van der Waals surface area contributed by atoms with Crippen molar-refractivity contribution in [2.75, 3.05) is 11.9 Å². The lowest BCUT2D eigenvalue weighted by Gasteiger charge is -2.10. The third kappa shape index (κ3) is 4.69. The van der Waals surface area contributed by atoms with E-state index < -0.39 is 24.5 Å². The van der Waals surface area contributed by atoms with Crippen LogP contribution in [0.5, 0.6) is 0 Å². The fourth-order valence-corrected chi connectivity index (χ4v) is 2.14. The molecule has 0 aliphatic carbocycles. The predicted molar refractivity (Wildman–Crippen MR) is 89.8 cm³/mol. The van der Waals surface area contributed by atoms with Gasteiger partial charge in [-0.2, -0.15) is 0 Å². The molecule has 0 unspecified atom stereocenters. The molecule has 24 heavy (non-hydrogen) atoms. The van der Waals surface area contributed by atoms with Crippen molar-refractivity contribution in [1.29, 1.82) is 0 Å². The van der Waals surface area contributed by atoms with Crippen molar-refractivity contribution in [2.24, 2.45) is 0 Å². The summed E-state index contributed by atoms with van der Waals surface area (Å²) >= 11 is 3.05. The van der Waals surface area contributed by atoms with Crippen LogP contribution in [0.25, 0.3) is 0 Å². The molecule has 0 atom stereocenters. The van der Waals surface area contributed by atoms with Gasteiger partial charge in [0.15, 0.2) is 11.3 Å². The van der Waals surface area contributed by atoms with Crippen LogP contribution in [0.15, 0.2) is 39.4 Å². The average molecular weight is 395 g/mol. The van der Waals surface area contributed by atoms with Gasteiger partial charge >= 0.3 is 12.0 Å². The number of urea groups is 1. The second-order valence-electron chi connectivity index (χ2n) is 4.93. The number of benzene rings is 1. The van der Waals surface area contributed by atoms with Gasteiger partial charge < -0.3 is 14.5 Å². The van der Waals surface area contributed by atoms with Gasteiger partial charge in [0.2, 0.25) is 5.76 Å². The molecule has 0 radical (unpaired) electrons. The van der Waals surface area contributed by atoms with E-state index in [4.69, 9.17) is 9.15 Å². The summed E-state index contributed by atoms with van der Waals surface area (Å²) in [6, 6.07) is 7.65. The fraction of sp³-hybridized carbons (Fsp3) is 0.188. The molecule has 1 aromatic heterocycles. The van der Waals surface area contributed by atoms with Gasteiger partial charge in [-0.1, -0.05) is 12.1 Å². The molecule has 7 nitrogen and oxygen atoms in total. The normalized spacial score (nSPS) is 10.1. The van der Waals surface area contributed by atoms with Gasteiger partial charge in [-0.25, -0.2) is 9.59 Å². The number of amides is 3. The van der Waals surface area contributed by atoms with Gasteiger partial charge in [0.1, 0.15) is 0 Å². The second-order valence-corrected chi connectivity index (χ2v) is 5.71. The highest BCUT2D eigenvalue weighted by Gasteiger charge is 2.15. The zero-order chi connectivity index (χ0) is 17.7. The highest BCUT2D eigenvalue weighted by Crippen LogP contribution is 2.17. The van der Waals surface area contributed by atoms with Gasteiger partial charge in [0, 0.05) is 5.69 Å². The van der Waals surface area contributed by atoms with Crippen LogP contribution in [0.2, 0.25) is 0 Å². The van der Waals surface area contributed by atoms with Gasteiger partial charge in [-0.05, 0) is 59.1 Å². The van der Waals surface area contributed by atoms with Crippen molar-refractivity contribution in [3.8, 4) is 0 Å². The Hall–Kier alpha value is -2.61. The Morgan fingerprint density at radius 1 is 1.17 bits per heavy atom. The summed E-state index contributed by atoms with van der Waals surface area (Å²) in [4.78, 5) is 35.0. The van der Waals surface area contributed by atoms with Crippen molar-refractivity contribution >= 4 is 39.5 Å². The van der Waals surface area contributed by atoms with Gasteiger partial charge in [0.05, 0.1) is 0 Å². The van der Waals surface area contributed by atoms with Gasteiger partial charge in [-0.15, -0.1) is 0 Å². The predicted octanol–water partition coefficient (Wildman–Crippen LogP) is 3.16. The minimum absolute atomic E-state index is 0.0467. The number of imide groups is 1. The summed E-state index contributed by atoms with van der Waals surface area (Å²) in [5.74, 6) is -1.60. The Morgan fingerprint density at radius 2 is 1.92 bits per heavy atom. The lowest BCUT2D eigenvalue weighted by molar-refractivity contribution is -0.123. The Labute approximate surface area is 146 Å². The summed E-state index contributed by atoms with van der Waals surface area (Å²) in [5.41, 5.74) is 2.50. The summed E-state index contributed by atoms with van der Waals surface area (Å²) in [7, 11) is 0. The van der Waals surface area contributed by atoms with Crippen molar-refractivity contribution in [2.45, 2.75) is 13.8 Å². The summed E-state index contributed by atoms with van der Waals surface area (Å²) in [6.07, 6.45) is 0. The fourth-order valence-electron chi connectivity index (χ4n) is 1.83. The number of halogens is 1. The molecule has 1 aromatic carbocycles. The molecule has 2 aromatic rings. The Bertz CT molecular complexity index is 785. The number of hydrogen-bond donors (Lipinski definition) is 2. The van der Waals surface area contributed by atoms with Crippen molar-refractivity contribution in [1.82, 2.24) is 5.32 Å². The topological polar surface area (TPSA) is 97.6 Å². The smallest absolute Gasteiger partial charge is 0.374 e. The van der Waals surface area contributed by atoms with Crippen LogP contribution in [0.3, 0.4) is 0 Å². The van der Waals surface area contributed by atoms with Crippen LogP contribution in [0.1, 0.15) is 21.7 Å². The Balaban J connectivity index is 1.82. The van der Waals surface area contributed by atoms with Crippen molar-refractivity contribution in [3.05, 3.63) is 51.9 Å². The molecular formula is C16H15BrN2O5. The third-order valence-electron chi connectivity index (χ3n) is 3.21. The van der Waals surface area contributed by atoms with E-state index in [1.807, 2.05) is 19.9 Å². The van der Waals surface area contributed by atoms with E-state index in [2.05, 4.69) is 26.6 Å². The molecule has 2 N–H and O–H groups in total. The number of carbonyl (C=O) groups is 3. The highest BCUT2D eigenvalue weighted by atomic mass is 79.9. The average Bonchev–Trinajstić information content (AvgIpc) is 2.96. The number of aryl methyl sites for hydroxylation is 1. The monoisotopic (exact) mass is 394 g/mol. The van der Waals surface area contributed by atoms with E-state index in [1.54, 1.807) is 12.1 Å². The third-order valence-corrected chi connectivity index (χ3v) is 3.64. The van der Waals surface area contributed by atoms with E-state index >= 15 is 0 Å².